The Bertz CT molecular complexity index is 790. The number of carbonyl (C=O) groups excluding carboxylic acids is 1. The van der Waals surface area contributed by atoms with Crippen molar-refractivity contribution in [2.24, 2.45) is 5.92 Å². The van der Waals surface area contributed by atoms with Crippen LogP contribution in [0, 0.1) is 5.92 Å². The number of Topliss-reactive ketones (excluding diaryl/α,β-unsaturated/α-hetero) is 1. The molecule has 7 heteroatoms. The predicted octanol–water partition coefficient (Wildman–Crippen LogP) is 2.19. The van der Waals surface area contributed by atoms with Crippen molar-refractivity contribution in [3.63, 3.8) is 0 Å². The van der Waals surface area contributed by atoms with E-state index < -0.39 is 10.0 Å². The fourth-order valence-corrected chi connectivity index (χ4v) is 4.51. The van der Waals surface area contributed by atoms with E-state index in [0.717, 1.165) is 19.4 Å². The van der Waals surface area contributed by atoms with Crippen molar-refractivity contribution < 1.29 is 13.2 Å². The number of ketones is 1. The van der Waals surface area contributed by atoms with Gasteiger partial charge in [0.05, 0.1) is 11.2 Å². The lowest BCUT2D eigenvalue weighted by Crippen LogP contribution is -2.39. The van der Waals surface area contributed by atoms with Gasteiger partial charge >= 0.3 is 0 Å². The Morgan fingerprint density at radius 1 is 1.21 bits per heavy atom. The molecule has 0 unspecified atom stereocenters. The normalized spacial score (nSPS) is 17.0. The molecule has 1 aliphatic heterocycles. The number of hydrogen-bond donors (Lipinski definition) is 0. The minimum Gasteiger partial charge on any atom is -0.337 e. The van der Waals surface area contributed by atoms with E-state index in [4.69, 9.17) is 0 Å². The van der Waals surface area contributed by atoms with Gasteiger partial charge in [0.15, 0.2) is 5.78 Å². The summed E-state index contributed by atoms with van der Waals surface area (Å²) in [5.74, 6) is 0.394. The molecule has 0 saturated carbocycles. The van der Waals surface area contributed by atoms with Crippen LogP contribution >= 0.6 is 0 Å². The summed E-state index contributed by atoms with van der Waals surface area (Å²) < 4.78 is 29.0. The summed E-state index contributed by atoms with van der Waals surface area (Å²) in [5, 5.41) is 0. The first-order valence-electron chi connectivity index (χ1n) is 8.04. The zero-order valence-electron chi connectivity index (χ0n) is 13.6. The van der Waals surface area contributed by atoms with Gasteiger partial charge in [-0.3, -0.25) is 4.79 Å². The molecular weight excluding hydrogens is 326 g/mol. The van der Waals surface area contributed by atoms with Gasteiger partial charge < -0.3 is 4.57 Å². The fourth-order valence-electron chi connectivity index (χ4n) is 3.04. The van der Waals surface area contributed by atoms with Crippen molar-refractivity contribution in [2.75, 3.05) is 13.1 Å². The topological polar surface area (TPSA) is 72.3 Å². The first-order chi connectivity index (χ1) is 11.5. The van der Waals surface area contributed by atoms with E-state index in [-0.39, 0.29) is 10.7 Å². The maximum absolute atomic E-state index is 12.7. The van der Waals surface area contributed by atoms with Crippen LogP contribution in [-0.2, 0) is 16.6 Å². The van der Waals surface area contributed by atoms with Gasteiger partial charge in [0, 0.05) is 37.6 Å². The molecule has 0 bridgehead atoms. The minimum atomic E-state index is -3.49. The van der Waals surface area contributed by atoms with Gasteiger partial charge in [-0.05, 0) is 37.8 Å². The fraction of sp³-hybridized carbons (Fsp3) is 0.412. The lowest BCUT2D eigenvalue weighted by molar-refractivity contribution is 0.101. The van der Waals surface area contributed by atoms with E-state index in [9.17, 15) is 13.2 Å². The highest BCUT2D eigenvalue weighted by Crippen LogP contribution is 2.25. The molecule has 24 heavy (non-hydrogen) atoms. The van der Waals surface area contributed by atoms with Crippen LogP contribution in [0.4, 0.5) is 0 Å². The Morgan fingerprint density at radius 2 is 1.88 bits per heavy atom. The molecule has 0 amide bonds. The standard InChI is InChI=1S/C17H21N3O3S/c1-14(21)16-2-4-17(5-3-16)24(22,23)20-9-6-15(7-10-20)12-19-11-8-18-13-19/h2-5,8,11,13,15H,6-7,9-10,12H2,1H3. The van der Waals surface area contributed by atoms with Crippen LogP contribution in [-0.4, -0.2) is 41.1 Å². The second kappa shape index (κ2) is 6.86. The third-order valence-corrected chi connectivity index (χ3v) is 6.41. The number of aromatic nitrogens is 2. The molecule has 1 aromatic carbocycles. The highest BCUT2D eigenvalue weighted by molar-refractivity contribution is 7.89. The van der Waals surface area contributed by atoms with Crippen molar-refractivity contribution >= 4 is 15.8 Å². The number of benzene rings is 1. The van der Waals surface area contributed by atoms with Gasteiger partial charge in [-0.1, -0.05) is 12.1 Å². The lowest BCUT2D eigenvalue weighted by atomic mass is 9.98. The zero-order valence-corrected chi connectivity index (χ0v) is 14.4. The maximum Gasteiger partial charge on any atom is 0.243 e. The summed E-state index contributed by atoms with van der Waals surface area (Å²) >= 11 is 0. The number of imidazole rings is 1. The van der Waals surface area contributed by atoms with E-state index in [1.165, 1.54) is 19.1 Å². The maximum atomic E-state index is 12.7. The molecule has 2 heterocycles. The number of hydrogen-bond acceptors (Lipinski definition) is 4. The summed E-state index contributed by atoms with van der Waals surface area (Å²) in [6.45, 7) is 3.39. The highest BCUT2D eigenvalue weighted by Gasteiger charge is 2.29. The van der Waals surface area contributed by atoms with Crippen molar-refractivity contribution in [3.05, 3.63) is 48.5 Å². The molecule has 128 valence electrons. The molecule has 1 aromatic heterocycles. The van der Waals surface area contributed by atoms with Crippen LogP contribution in [0.25, 0.3) is 0 Å². The molecule has 6 nitrogen and oxygen atoms in total. The lowest BCUT2D eigenvalue weighted by Gasteiger charge is -2.31. The number of carbonyl (C=O) groups is 1. The molecule has 0 N–H and O–H groups in total. The molecule has 0 atom stereocenters. The molecule has 0 spiro atoms. The smallest absolute Gasteiger partial charge is 0.243 e. The second-order valence-electron chi connectivity index (χ2n) is 6.19. The molecule has 1 aliphatic rings. The average molecular weight is 347 g/mol. The van der Waals surface area contributed by atoms with E-state index in [1.54, 1.807) is 29.0 Å². The van der Waals surface area contributed by atoms with Gasteiger partial charge in [-0.15, -0.1) is 0 Å². The molecule has 1 fully saturated rings. The Balaban J connectivity index is 1.65. The zero-order chi connectivity index (χ0) is 17.2. The quantitative estimate of drug-likeness (QED) is 0.777. The summed E-state index contributed by atoms with van der Waals surface area (Å²) in [5.41, 5.74) is 0.521. The Labute approximate surface area is 142 Å². The average Bonchev–Trinajstić information content (AvgIpc) is 3.08. The Hall–Kier alpha value is -1.99. The number of nitrogens with zero attached hydrogens (tertiary/aromatic N) is 3. The van der Waals surface area contributed by atoms with E-state index in [1.807, 2.05) is 10.8 Å². The Morgan fingerprint density at radius 3 is 2.42 bits per heavy atom. The largest absolute Gasteiger partial charge is 0.337 e. The molecular formula is C17H21N3O3S. The van der Waals surface area contributed by atoms with Crippen LogP contribution in [0.15, 0.2) is 47.9 Å². The van der Waals surface area contributed by atoms with Crippen LogP contribution in [0.1, 0.15) is 30.1 Å². The van der Waals surface area contributed by atoms with Gasteiger partial charge in [0.1, 0.15) is 0 Å². The third-order valence-electron chi connectivity index (χ3n) is 4.50. The van der Waals surface area contributed by atoms with Gasteiger partial charge in [0.25, 0.3) is 0 Å². The van der Waals surface area contributed by atoms with Gasteiger partial charge in [-0.2, -0.15) is 4.31 Å². The molecule has 1 saturated heterocycles. The monoisotopic (exact) mass is 347 g/mol. The molecule has 2 aromatic rings. The summed E-state index contributed by atoms with van der Waals surface area (Å²) in [6, 6.07) is 6.18. The van der Waals surface area contributed by atoms with E-state index in [0.29, 0.717) is 24.6 Å². The van der Waals surface area contributed by atoms with Crippen LogP contribution < -0.4 is 0 Å². The Kier molecular flexibility index (Phi) is 4.82. The van der Waals surface area contributed by atoms with Crippen molar-refractivity contribution in [3.8, 4) is 0 Å². The van der Waals surface area contributed by atoms with Crippen LogP contribution in [0.5, 0.6) is 0 Å². The molecule has 3 rings (SSSR count). The predicted molar refractivity (Wildman–Crippen MR) is 90.2 cm³/mol. The van der Waals surface area contributed by atoms with E-state index in [2.05, 4.69) is 4.98 Å². The highest BCUT2D eigenvalue weighted by atomic mass is 32.2. The van der Waals surface area contributed by atoms with Crippen LogP contribution in [0.3, 0.4) is 0 Å². The third kappa shape index (κ3) is 3.57. The minimum absolute atomic E-state index is 0.0701. The summed E-state index contributed by atoms with van der Waals surface area (Å²) in [4.78, 5) is 15.6. The number of sulfonamides is 1. The first-order valence-corrected chi connectivity index (χ1v) is 9.48. The SMILES string of the molecule is CC(=O)c1ccc(S(=O)(=O)N2CCC(Cn3ccnc3)CC2)cc1. The number of rotatable bonds is 5. The van der Waals surface area contributed by atoms with Crippen molar-refractivity contribution in [2.45, 2.75) is 31.2 Å². The van der Waals surface area contributed by atoms with E-state index >= 15 is 0 Å². The molecule has 0 radical (unpaired) electrons. The van der Waals surface area contributed by atoms with Gasteiger partial charge in [-0.25, -0.2) is 13.4 Å². The van der Waals surface area contributed by atoms with Gasteiger partial charge in [0.2, 0.25) is 10.0 Å². The van der Waals surface area contributed by atoms with Crippen molar-refractivity contribution in [1.29, 1.82) is 0 Å². The van der Waals surface area contributed by atoms with Crippen LogP contribution in [0.2, 0.25) is 0 Å². The molecule has 0 aliphatic carbocycles. The van der Waals surface area contributed by atoms with Crippen molar-refractivity contribution in [1.82, 2.24) is 13.9 Å². The second-order valence-corrected chi connectivity index (χ2v) is 8.13. The summed E-state index contributed by atoms with van der Waals surface area (Å²) in [6.07, 6.45) is 7.15. The number of piperidine rings is 1. The summed E-state index contributed by atoms with van der Waals surface area (Å²) in [7, 11) is -3.49. The first kappa shape index (κ1) is 16.9.